The number of benzene rings is 1. The maximum absolute atomic E-state index is 11.4. The molecular formula is C13H15NO5. The van der Waals surface area contributed by atoms with Gasteiger partial charge in [0.15, 0.2) is 0 Å². The van der Waals surface area contributed by atoms with Crippen molar-refractivity contribution in [2.24, 2.45) is 0 Å². The minimum absolute atomic E-state index is 0.117. The average Bonchev–Trinajstić information content (AvgIpc) is 2.37. The zero-order valence-electron chi connectivity index (χ0n) is 10.5. The van der Waals surface area contributed by atoms with Crippen molar-refractivity contribution in [1.82, 2.24) is 5.32 Å². The van der Waals surface area contributed by atoms with E-state index in [1.165, 1.54) is 6.92 Å². The molecule has 6 nitrogen and oxygen atoms in total. The number of carboxylic acid groups (broad SMARTS) is 1. The highest BCUT2D eigenvalue weighted by molar-refractivity contribution is 6.32. The molecule has 0 unspecified atom stereocenters. The second-order valence-electron chi connectivity index (χ2n) is 4.04. The fraction of sp³-hybridized carbons (Fsp3) is 0.308. The predicted octanol–water partition coefficient (Wildman–Crippen LogP) is 1.35. The normalized spacial score (nSPS) is 11.4. The molecule has 1 aromatic carbocycles. The first kappa shape index (κ1) is 14.7. The Morgan fingerprint density at radius 1 is 1.26 bits per heavy atom. The summed E-state index contributed by atoms with van der Waals surface area (Å²) in [5.74, 6) is -2.46. The van der Waals surface area contributed by atoms with Gasteiger partial charge < -0.3 is 15.2 Å². The van der Waals surface area contributed by atoms with Gasteiger partial charge in [0.1, 0.15) is 6.61 Å². The molecule has 2 N–H and O–H groups in total. The van der Waals surface area contributed by atoms with Gasteiger partial charge in [-0.25, -0.2) is 9.59 Å². The summed E-state index contributed by atoms with van der Waals surface area (Å²) in [6, 6.07) is 8.53. The van der Waals surface area contributed by atoms with Crippen LogP contribution in [0.5, 0.6) is 0 Å². The number of carbonyl (C=O) groups is 3. The second kappa shape index (κ2) is 7.15. The number of carbonyl (C=O) groups excluding carboxylic acids is 2. The van der Waals surface area contributed by atoms with Gasteiger partial charge in [-0.2, -0.15) is 0 Å². The SMILES string of the molecule is C[C@H](CC(=O)C(=O)O)NC(=O)OCc1ccccc1. The maximum atomic E-state index is 11.4. The topological polar surface area (TPSA) is 92.7 Å². The van der Waals surface area contributed by atoms with E-state index in [0.717, 1.165) is 5.56 Å². The Labute approximate surface area is 110 Å². The van der Waals surface area contributed by atoms with E-state index in [1.807, 2.05) is 30.3 Å². The number of nitrogens with one attached hydrogen (secondary N) is 1. The molecule has 0 radical (unpaired) electrons. The number of Topliss-reactive ketones (excluding diaryl/α,β-unsaturated/α-hetero) is 1. The summed E-state index contributed by atoms with van der Waals surface area (Å²) in [6.45, 7) is 1.65. The largest absolute Gasteiger partial charge is 0.476 e. The number of rotatable bonds is 6. The molecular weight excluding hydrogens is 250 g/mol. The van der Waals surface area contributed by atoms with E-state index in [2.05, 4.69) is 5.32 Å². The van der Waals surface area contributed by atoms with Crippen LogP contribution in [0.4, 0.5) is 4.79 Å². The summed E-state index contributed by atoms with van der Waals surface area (Å²) < 4.78 is 4.93. The van der Waals surface area contributed by atoms with Gasteiger partial charge in [0.25, 0.3) is 0 Å². The number of ether oxygens (including phenoxy) is 1. The number of alkyl carbamates (subject to hydrolysis) is 1. The first-order valence-corrected chi connectivity index (χ1v) is 5.72. The van der Waals surface area contributed by atoms with Gasteiger partial charge in [-0.3, -0.25) is 4.79 Å². The fourth-order valence-corrected chi connectivity index (χ4v) is 1.38. The van der Waals surface area contributed by atoms with Crippen LogP contribution in [0.2, 0.25) is 0 Å². The second-order valence-corrected chi connectivity index (χ2v) is 4.04. The predicted molar refractivity (Wildman–Crippen MR) is 66.5 cm³/mol. The lowest BCUT2D eigenvalue weighted by atomic mass is 10.2. The van der Waals surface area contributed by atoms with Gasteiger partial charge in [-0.15, -0.1) is 0 Å². The summed E-state index contributed by atoms with van der Waals surface area (Å²) in [6.07, 6.45) is -0.954. The van der Waals surface area contributed by atoms with E-state index in [9.17, 15) is 14.4 Å². The van der Waals surface area contributed by atoms with Crippen LogP contribution >= 0.6 is 0 Å². The van der Waals surface area contributed by atoms with Crippen molar-refractivity contribution in [3.05, 3.63) is 35.9 Å². The Hall–Kier alpha value is -2.37. The smallest absolute Gasteiger partial charge is 0.407 e. The summed E-state index contributed by atoms with van der Waals surface area (Å²) in [5, 5.41) is 10.8. The number of hydrogen-bond donors (Lipinski definition) is 2. The average molecular weight is 265 g/mol. The minimum Gasteiger partial charge on any atom is -0.476 e. The van der Waals surface area contributed by atoms with E-state index in [4.69, 9.17) is 9.84 Å². The first-order valence-electron chi connectivity index (χ1n) is 5.72. The van der Waals surface area contributed by atoms with Crippen LogP contribution in [-0.2, 0) is 20.9 Å². The molecule has 0 bridgehead atoms. The third kappa shape index (κ3) is 5.67. The van der Waals surface area contributed by atoms with Gasteiger partial charge in [-0.05, 0) is 12.5 Å². The molecule has 0 spiro atoms. The standard InChI is InChI=1S/C13H15NO5/c1-9(7-11(15)12(16)17)14-13(18)19-8-10-5-3-2-4-6-10/h2-6,9H,7-8H2,1H3,(H,14,18)(H,16,17)/t9-/m1/s1. The lowest BCUT2D eigenvalue weighted by molar-refractivity contribution is -0.149. The van der Waals surface area contributed by atoms with Crippen molar-refractivity contribution in [2.45, 2.75) is 26.0 Å². The van der Waals surface area contributed by atoms with Gasteiger partial charge in [-0.1, -0.05) is 30.3 Å². The van der Waals surface area contributed by atoms with E-state index in [0.29, 0.717) is 0 Å². The van der Waals surface area contributed by atoms with Crippen LogP contribution in [0.25, 0.3) is 0 Å². The van der Waals surface area contributed by atoms with E-state index < -0.39 is 23.9 Å². The molecule has 1 atom stereocenters. The third-order valence-corrected chi connectivity index (χ3v) is 2.31. The van der Waals surface area contributed by atoms with Crippen molar-refractivity contribution in [3.63, 3.8) is 0 Å². The molecule has 0 heterocycles. The molecule has 0 aliphatic carbocycles. The molecule has 6 heteroatoms. The van der Waals surface area contributed by atoms with Crippen LogP contribution in [0.3, 0.4) is 0 Å². The Bertz CT molecular complexity index is 457. The molecule has 1 aromatic rings. The molecule has 0 aromatic heterocycles. The molecule has 1 amide bonds. The van der Waals surface area contributed by atoms with Crippen LogP contribution in [-0.4, -0.2) is 29.0 Å². The van der Waals surface area contributed by atoms with E-state index in [1.54, 1.807) is 0 Å². The molecule has 0 saturated heterocycles. The number of hydrogen-bond acceptors (Lipinski definition) is 4. The molecule has 1 rings (SSSR count). The summed E-state index contributed by atoms with van der Waals surface area (Å²) in [7, 11) is 0. The number of ketones is 1. The van der Waals surface area contributed by atoms with E-state index >= 15 is 0 Å². The Morgan fingerprint density at radius 3 is 2.47 bits per heavy atom. The van der Waals surface area contributed by atoms with Crippen LogP contribution in [0, 0.1) is 0 Å². The third-order valence-electron chi connectivity index (χ3n) is 2.31. The van der Waals surface area contributed by atoms with Crippen molar-refractivity contribution < 1.29 is 24.2 Å². The fourth-order valence-electron chi connectivity index (χ4n) is 1.38. The summed E-state index contributed by atoms with van der Waals surface area (Å²) in [4.78, 5) is 32.6. The molecule has 102 valence electrons. The van der Waals surface area contributed by atoms with Gasteiger partial charge in [0.2, 0.25) is 5.78 Å². The molecule has 0 fully saturated rings. The lowest BCUT2D eigenvalue weighted by Gasteiger charge is -2.12. The van der Waals surface area contributed by atoms with Gasteiger partial charge >= 0.3 is 12.1 Å². The Balaban J connectivity index is 2.31. The quantitative estimate of drug-likeness (QED) is 0.757. The zero-order chi connectivity index (χ0) is 14.3. The lowest BCUT2D eigenvalue weighted by Crippen LogP contribution is -2.35. The van der Waals surface area contributed by atoms with E-state index in [-0.39, 0.29) is 13.0 Å². The van der Waals surface area contributed by atoms with Crippen molar-refractivity contribution in [2.75, 3.05) is 0 Å². The molecule has 0 aliphatic rings. The summed E-state index contributed by atoms with van der Waals surface area (Å²) >= 11 is 0. The highest BCUT2D eigenvalue weighted by Crippen LogP contribution is 2.01. The Kier molecular flexibility index (Phi) is 5.53. The maximum Gasteiger partial charge on any atom is 0.407 e. The van der Waals surface area contributed by atoms with Gasteiger partial charge in [0.05, 0.1) is 0 Å². The van der Waals surface area contributed by atoms with Crippen molar-refractivity contribution in [1.29, 1.82) is 0 Å². The molecule has 19 heavy (non-hydrogen) atoms. The van der Waals surface area contributed by atoms with Crippen LogP contribution < -0.4 is 5.32 Å². The van der Waals surface area contributed by atoms with Crippen molar-refractivity contribution >= 4 is 17.8 Å². The summed E-state index contributed by atoms with van der Waals surface area (Å²) in [5.41, 5.74) is 0.840. The minimum atomic E-state index is -1.51. The van der Waals surface area contributed by atoms with Crippen molar-refractivity contribution in [3.8, 4) is 0 Å². The first-order chi connectivity index (χ1) is 8.99. The highest BCUT2D eigenvalue weighted by Gasteiger charge is 2.17. The number of amides is 1. The molecule has 0 saturated carbocycles. The Morgan fingerprint density at radius 2 is 1.89 bits per heavy atom. The zero-order valence-corrected chi connectivity index (χ0v) is 10.5. The van der Waals surface area contributed by atoms with Gasteiger partial charge in [0, 0.05) is 12.5 Å². The number of aliphatic carboxylic acids is 1. The monoisotopic (exact) mass is 265 g/mol. The van der Waals surface area contributed by atoms with Crippen LogP contribution in [0.1, 0.15) is 18.9 Å². The highest BCUT2D eigenvalue weighted by atomic mass is 16.5. The number of carboxylic acids is 1. The van der Waals surface area contributed by atoms with Crippen LogP contribution in [0.15, 0.2) is 30.3 Å². The molecule has 0 aliphatic heterocycles.